The lowest BCUT2D eigenvalue weighted by molar-refractivity contribution is 0.353. The van der Waals surface area contributed by atoms with Crippen LogP contribution in [0.2, 0.25) is 0 Å². The van der Waals surface area contributed by atoms with Gasteiger partial charge in [-0.25, -0.2) is 4.39 Å². The van der Waals surface area contributed by atoms with E-state index >= 15 is 0 Å². The summed E-state index contributed by atoms with van der Waals surface area (Å²) in [6.07, 6.45) is 0.883. The van der Waals surface area contributed by atoms with E-state index < -0.39 is 0 Å². The lowest BCUT2D eigenvalue weighted by Crippen LogP contribution is -1.87. The fourth-order valence-electron chi connectivity index (χ4n) is 1.19. The molecule has 1 aliphatic rings. The van der Waals surface area contributed by atoms with Gasteiger partial charge in [-0.3, -0.25) is 0 Å². The van der Waals surface area contributed by atoms with Crippen LogP contribution < -0.4 is 4.74 Å². The van der Waals surface area contributed by atoms with Gasteiger partial charge in [0.1, 0.15) is 11.6 Å². The molecule has 1 heterocycles. The van der Waals surface area contributed by atoms with Crippen LogP contribution in [0.15, 0.2) is 16.6 Å². The Morgan fingerprint density at radius 1 is 1.45 bits per heavy atom. The van der Waals surface area contributed by atoms with Crippen LogP contribution >= 0.6 is 15.9 Å². The van der Waals surface area contributed by atoms with Gasteiger partial charge in [0.25, 0.3) is 0 Å². The smallest absolute Gasteiger partial charge is 0.141 e. The molecule has 0 fully saturated rings. The van der Waals surface area contributed by atoms with Crippen LogP contribution in [-0.4, -0.2) is 6.61 Å². The average molecular weight is 217 g/mol. The molecular formula is C8H6BrFO. The zero-order chi connectivity index (χ0) is 7.84. The highest BCUT2D eigenvalue weighted by Gasteiger charge is 2.17. The molecule has 0 saturated carbocycles. The van der Waals surface area contributed by atoms with Crippen molar-refractivity contribution in [1.82, 2.24) is 0 Å². The van der Waals surface area contributed by atoms with Gasteiger partial charge < -0.3 is 4.74 Å². The van der Waals surface area contributed by atoms with Gasteiger partial charge in [-0.1, -0.05) is 6.07 Å². The van der Waals surface area contributed by atoms with E-state index in [0.29, 0.717) is 16.8 Å². The Morgan fingerprint density at radius 2 is 2.27 bits per heavy atom. The topological polar surface area (TPSA) is 9.23 Å². The van der Waals surface area contributed by atoms with Gasteiger partial charge >= 0.3 is 0 Å². The van der Waals surface area contributed by atoms with E-state index in [-0.39, 0.29) is 5.82 Å². The molecule has 11 heavy (non-hydrogen) atoms. The molecule has 3 heteroatoms. The predicted molar refractivity (Wildman–Crippen MR) is 43.3 cm³/mol. The van der Waals surface area contributed by atoms with Gasteiger partial charge in [0.2, 0.25) is 0 Å². The maximum Gasteiger partial charge on any atom is 0.141 e. The minimum Gasteiger partial charge on any atom is -0.492 e. The largest absolute Gasteiger partial charge is 0.492 e. The first-order chi connectivity index (χ1) is 5.29. The minimum atomic E-state index is -0.259. The third-order valence-electron chi connectivity index (χ3n) is 1.75. The van der Waals surface area contributed by atoms with Crippen LogP contribution in [0.5, 0.6) is 5.75 Å². The van der Waals surface area contributed by atoms with Crippen molar-refractivity contribution in [2.45, 2.75) is 6.42 Å². The lowest BCUT2D eigenvalue weighted by Gasteiger charge is -2.01. The van der Waals surface area contributed by atoms with Gasteiger partial charge in [0, 0.05) is 6.42 Å². The molecule has 1 aliphatic heterocycles. The fraction of sp³-hybridized carbons (Fsp3) is 0.250. The molecule has 0 bridgehead atoms. The number of fused-ring (bicyclic) bond motifs is 1. The van der Waals surface area contributed by atoms with E-state index in [2.05, 4.69) is 15.9 Å². The normalized spacial score (nSPS) is 14.4. The van der Waals surface area contributed by atoms with Crippen molar-refractivity contribution >= 4 is 15.9 Å². The van der Waals surface area contributed by atoms with Crippen molar-refractivity contribution in [3.05, 3.63) is 28.0 Å². The van der Waals surface area contributed by atoms with Crippen LogP contribution in [0, 0.1) is 5.82 Å². The molecule has 0 spiro atoms. The van der Waals surface area contributed by atoms with Crippen molar-refractivity contribution in [2.24, 2.45) is 0 Å². The second-order valence-corrected chi connectivity index (χ2v) is 3.24. The Labute approximate surface area is 72.3 Å². The van der Waals surface area contributed by atoms with E-state index in [0.717, 1.165) is 12.0 Å². The van der Waals surface area contributed by atoms with Gasteiger partial charge in [-0.05, 0) is 27.6 Å². The number of hydrogen-bond acceptors (Lipinski definition) is 1. The minimum absolute atomic E-state index is 0.259. The molecule has 0 atom stereocenters. The Kier molecular flexibility index (Phi) is 1.60. The van der Waals surface area contributed by atoms with Crippen LogP contribution in [-0.2, 0) is 6.42 Å². The summed E-state index contributed by atoms with van der Waals surface area (Å²) in [5.74, 6) is 0.413. The Bertz CT molecular complexity index is 298. The molecular weight excluding hydrogens is 211 g/mol. The SMILES string of the molecule is Fc1ccc2c(c1Br)OCC2. The third kappa shape index (κ3) is 1.03. The summed E-state index contributed by atoms with van der Waals surface area (Å²) in [6, 6.07) is 3.22. The number of ether oxygens (including phenoxy) is 1. The summed E-state index contributed by atoms with van der Waals surface area (Å²) in [6.45, 7) is 0.664. The van der Waals surface area contributed by atoms with E-state index in [1.54, 1.807) is 6.07 Å². The molecule has 58 valence electrons. The second-order valence-electron chi connectivity index (χ2n) is 2.45. The summed E-state index contributed by atoms with van der Waals surface area (Å²) in [5, 5.41) is 0. The number of hydrogen-bond donors (Lipinski definition) is 0. The standard InChI is InChI=1S/C8H6BrFO/c9-7-6(10)2-1-5-3-4-11-8(5)7/h1-2H,3-4H2. The van der Waals surface area contributed by atoms with Crippen LogP contribution in [0.3, 0.4) is 0 Å². The Balaban J connectivity index is 2.62. The quantitative estimate of drug-likeness (QED) is 0.648. The monoisotopic (exact) mass is 216 g/mol. The first kappa shape index (κ1) is 7.10. The maximum absolute atomic E-state index is 12.8. The number of halogens is 2. The average Bonchev–Trinajstić information content (AvgIpc) is 2.45. The molecule has 0 saturated heterocycles. The van der Waals surface area contributed by atoms with Crippen molar-refractivity contribution < 1.29 is 9.13 Å². The molecule has 0 aliphatic carbocycles. The van der Waals surface area contributed by atoms with Gasteiger partial charge in [-0.2, -0.15) is 0 Å². The lowest BCUT2D eigenvalue weighted by atomic mass is 10.2. The van der Waals surface area contributed by atoms with Gasteiger partial charge in [0.05, 0.1) is 11.1 Å². The number of benzene rings is 1. The van der Waals surface area contributed by atoms with Gasteiger partial charge in [-0.15, -0.1) is 0 Å². The molecule has 1 aromatic rings. The van der Waals surface area contributed by atoms with Crippen LogP contribution in [0.4, 0.5) is 4.39 Å². The fourth-order valence-corrected chi connectivity index (χ4v) is 1.69. The molecule has 2 rings (SSSR count). The van der Waals surface area contributed by atoms with Crippen molar-refractivity contribution in [2.75, 3.05) is 6.61 Å². The zero-order valence-corrected chi connectivity index (χ0v) is 7.32. The first-order valence-corrected chi connectivity index (χ1v) is 4.18. The van der Waals surface area contributed by atoms with Crippen molar-refractivity contribution in [1.29, 1.82) is 0 Å². The summed E-state index contributed by atoms with van der Waals surface area (Å²) < 4.78 is 18.5. The molecule has 0 aromatic heterocycles. The summed E-state index contributed by atoms with van der Waals surface area (Å²) in [7, 11) is 0. The highest BCUT2D eigenvalue weighted by Crippen LogP contribution is 2.35. The molecule has 1 aromatic carbocycles. The van der Waals surface area contributed by atoms with Crippen LogP contribution in [0.25, 0.3) is 0 Å². The van der Waals surface area contributed by atoms with E-state index in [1.165, 1.54) is 6.07 Å². The van der Waals surface area contributed by atoms with E-state index in [1.807, 2.05) is 0 Å². The van der Waals surface area contributed by atoms with E-state index in [9.17, 15) is 4.39 Å². The first-order valence-electron chi connectivity index (χ1n) is 3.39. The van der Waals surface area contributed by atoms with Crippen molar-refractivity contribution in [3.8, 4) is 5.75 Å². The highest BCUT2D eigenvalue weighted by molar-refractivity contribution is 9.10. The second kappa shape index (κ2) is 2.48. The molecule has 0 N–H and O–H groups in total. The highest BCUT2D eigenvalue weighted by atomic mass is 79.9. The summed E-state index contributed by atoms with van der Waals surface area (Å²) in [4.78, 5) is 0. The molecule has 1 nitrogen and oxygen atoms in total. The van der Waals surface area contributed by atoms with E-state index in [4.69, 9.17) is 4.74 Å². The van der Waals surface area contributed by atoms with Crippen molar-refractivity contribution in [3.63, 3.8) is 0 Å². The number of rotatable bonds is 0. The Morgan fingerprint density at radius 3 is 3.09 bits per heavy atom. The zero-order valence-electron chi connectivity index (χ0n) is 5.73. The predicted octanol–water partition coefficient (Wildman–Crippen LogP) is 2.52. The molecule has 0 unspecified atom stereocenters. The summed E-state index contributed by atoms with van der Waals surface area (Å²) in [5.41, 5.74) is 1.08. The van der Waals surface area contributed by atoms with Gasteiger partial charge in [0.15, 0.2) is 0 Å². The molecule has 0 amide bonds. The summed E-state index contributed by atoms with van der Waals surface area (Å²) >= 11 is 3.13. The maximum atomic E-state index is 12.8. The van der Waals surface area contributed by atoms with Crippen LogP contribution in [0.1, 0.15) is 5.56 Å². The third-order valence-corrected chi connectivity index (χ3v) is 2.49. The Hall–Kier alpha value is -0.570. The molecule has 0 radical (unpaired) electrons.